The predicted octanol–water partition coefficient (Wildman–Crippen LogP) is 4.06. The number of likely N-dealkylation sites (N-methyl/N-ethyl adjacent to an activating group) is 1. The van der Waals surface area contributed by atoms with Crippen molar-refractivity contribution in [1.82, 2.24) is 4.90 Å². The van der Waals surface area contributed by atoms with Gasteiger partial charge in [0.2, 0.25) is 0 Å². The van der Waals surface area contributed by atoms with E-state index in [1.807, 2.05) is 24.3 Å². The van der Waals surface area contributed by atoms with Crippen LogP contribution in [0.4, 0.5) is 0 Å². The van der Waals surface area contributed by atoms with Gasteiger partial charge >= 0.3 is 0 Å². The van der Waals surface area contributed by atoms with E-state index < -0.39 is 0 Å². The Labute approximate surface area is 149 Å². The number of ether oxygens (including phenoxy) is 1. The molecule has 3 nitrogen and oxygen atoms in total. The van der Waals surface area contributed by atoms with E-state index >= 15 is 0 Å². The lowest BCUT2D eigenvalue weighted by Crippen LogP contribution is -2.17. The van der Waals surface area contributed by atoms with Crippen LogP contribution in [0.3, 0.4) is 0 Å². The molecule has 0 aliphatic carbocycles. The molecule has 0 saturated carbocycles. The molecular weight excluding hydrogens is 320 g/mol. The van der Waals surface area contributed by atoms with Crippen LogP contribution in [0.5, 0.6) is 5.75 Å². The SMILES string of the molecule is CN(C/C=C/c1ccc(C#N)cc1)Cc1ccc2c(c1)CCO2.Cl. The lowest BCUT2D eigenvalue weighted by Gasteiger charge is -2.15. The number of hydrogen-bond acceptors (Lipinski definition) is 3. The van der Waals surface area contributed by atoms with Crippen LogP contribution in [-0.2, 0) is 13.0 Å². The molecule has 0 bridgehead atoms. The van der Waals surface area contributed by atoms with Crippen molar-refractivity contribution in [2.45, 2.75) is 13.0 Å². The first kappa shape index (κ1) is 18.1. The minimum absolute atomic E-state index is 0. The molecule has 0 fully saturated rings. The van der Waals surface area contributed by atoms with Gasteiger partial charge in [-0.1, -0.05) is 36.4 Å². The molecule has 0 amide bonds. The van der Waals surface area contributed by atoms with E-state index in [-0.39, 0.29) is 12.4 Å². The summed E-state index contributed by atoms with van der Waals surface area (Å²) in [5.41, 5.74) is 4.46. The van der Waals surface area contributed by atoms with Gasteiger partial charge in [0.15, 0.2) is 0 Å². The topological polar surface area (TPSA) is 36.3 Å². The van der Waals surface area contributed by atoms with Crippen LogP contribution in [-0.4, -0.2) is 25.1 Å². The van der Waals surface area contributed by atoms with E-state index in [0.29, 0.717) is 5.56 Å². The van der Waals surface area contributed by atoms with Gasteiger partial charge in [-0.2, -0.15) is 5.26 Å². The third-order valence-corrected chi connectivity index (χ3v) is 3.97. The Morgan fingerprint density at radius 1 is 1.21 bits per heavy atom. The lowest BCUT2D eigenvalue weighted by molar-refractivity contribution is 0.356. The summed E-state index contributed by atoms with van der Waals surface area (Å²) in [6.07, 6.45) is 5.26. The highest BCUT2D eigenvalue weighted by molar-refractivity contribution is 5.85. The number of nitriles is 1. The normalized spacial score (nSPS) is 12.5. The molecule has 0 atom stereocenters. The zero-order valence-electron chi connectivity index (χ0n) is 13.7. The van der Waals surface area contributed by atoms with Gasteiger partial charge in [0.25, 0.3) is 0 Å². The van der Waals surface area contributed by atoms with E-state index in [9.17, 15) is 0 Å². The van der Waals surface area contributed by atoms with Crippen molar-refractivity contribution >= 4 is 18.5 Å². The summed E-state index contributed by atoms with van der Waals surface area (Å²) in [6.45, 7) is 2.61. The van der Waals surface area contributed by atoms with Crippen LogP contribution < -0.4 is 4.74 Å². The Bertz CT molecular complexity index is 747. The molecule has 4 heteroatoms. The third-order valence-electron chi connectivity index (χ3n) is 3.97. The molecule has 0 spiro atoms. The van der Waals surface area contributed by atoms with E-state index in [2.05, 4.69) is 48.4 Å². The molecule has 3 rings (SSSR count). The number of benzene rings is 2. The first-order valence-corrected chi connectivity index (χ1v) is 7.84. The molecule has 1 aliphatic rings. The average Bonchev–Trinajstić information content (AvgIpc) is 3.03. The minimum atomic E-state index is 0. The highest BCUT2D eigenvalue weighted by Crippen LogP contribution is 2.26. The van der Waals surface area contributed by atoms with Crippen LogP contribution in [0.25, 0.3) is 6.08 Å². The summed E-state index contributed by atoms with van der Waals surface area (Å²) >= 11 is 0. The maximum Gasteiger partial charge on any atom is 0.122 e. The quantitative estimate of drug-likeness (QED) is 0.823. The van der Waals surface area contributed by atoms with Crippen molar-refractivity contribution in [3.63, 3.8) is 0 Å². The third kappa shape index (κ3) is 4.61. The zero-order chi connectivity index (χ0) is 16.1. The maximum atomic E-state index is 8.79. The van der Waals surface area contributed by atoms with Gasteiger partial charge in [-0.15, -0.1) is 12.4 Å². The van der Waals surface area contributed by atoms with Gasteiger partial charge in [0, 0.05) is 19.5 Å². The monoisotopic (exact) mass is 340 g/mol. The molecule has 2 aromatic rings. The molecule has 0 N–H and O–H groups in total. The summed E-state index contributed by atoms with van der Waals surface area (Å²) < 4.78 is 5.54. The molecule has 0 aromatic heterocycles. The molecule has 0 saturated heterocycles. The Morgan fingerprint density at radius 3 is 2.75 bits per heavy atom. The largest absolute Gasteiger partial charge is 0.493 e. The van der Waals surface area contributed by atoms with Crippen LogP contribution >= 0.6 is 12.4 Å². The second-order valence-electron chi connectivity index (χ2n) is 5.87. The summed E-state index contributed by atoms with van der Waals surface area (Å²) in [7, 11) is 2.12. The number of nitrogens with zero attached hydrogens (tertiary/aromatic N) is 2. The smallest absolute Gasteiger partial charge is 0.122 e. The molecule has 1 aliphatic heterocycles. The van der Waals surface area contributed by atoms with Gasteiger partial charge in [0.1, 0.15) is 5.75 Å². The summed E-state index contributed by atoms with van der Waals surface area (Å²) in [5, 5.41) is 8.79. The Balaban J connectivity index is 0.00000208. The number of fused-ring (bicyclic) bond motifs is 1. The molecular formula is C20H21ClN2O. The van der Waals surface area contributed by atoms with Crippen molar-refractivity contribution < 1.29 is 4.74 Å². The van der Waals surface area contributed by atoms with Crippen molar-refractivity contribution in [2.24, 2.45) is 0 Å². The standard InChI is InChI=1S/C20H20N2O.ClH/c1-22(11-2-3-16-4-6-17(14-21)7-5-16)15-18-8-9-20-19(13-18)10-12-23-20;/h2-9,13H,10-12,15H2,1H3;1H/b3-2+;. The van der Waals surface area contributed by atoms with Crippen molar-refractivity contribution in [1.29, 1.82) is 5.26 Å². The summed E-state index contributed by atoms with van der Waals surface area (Å²) in [4.78, 5) is 2.28. The fourth-order valence-electron chi connectivity index (χ4n) is 2.75. The Hall–Kier alpha value is -2.28. The Morgan fingerprint density at radius 2 is 2.00 bits per heavy atom. The highest BCUT2D eigenvalue weighted by atomic mass is 35.5. The molecule has 1 heterocycles. The Kier molecular flexibility index (Phi) is 6.43. The second kappa shape index (κ2) is 8.54. The molecule has 2 aromatic carbocycles. The number of halogens is 1. The van der Waals surface area contributed by atoms with Gasteiger partial charge < -0.3 is 4.74 Å². The van der Waals surface area contributed by atoms with Gasteiger partial charge in [-0.05, 0) is 41.9 Å². The number of hydrogen-bond donors (Lipinski definition) is 0. The molecule has 0 radical (unpaired) electrons. The summed E-state index contributed by atoms with van der Waals surface area (Å²) in [5.74, 6) is 1.04. The van der Waals surface area contributed by atoms with Crippen molar-refractivity contribution in [2.75, 3.05) is 20.2 Å². The van der Waals surface area contributed by atoms with Gasteiger partial charge in [0.05, 0.1) is 18.2 Å². The van der Waals surface area contributed by atoms with Crippen molar-refractivity contribution in [3.05, 3.63) is 70.8 Å². The first-order valence-electron chi connectivity index (χ1n) is 7.84. The average molecular weight is 341 g/mol. The van der Waals surface area contributed by atoms with Crippen molar-refractivity contribution in [3.8, 4) is 11.8 Å². The molecule has 0 unspecified atom stereocenters. The molecule has 24 heavy (non-hydrogen) atoms. The van der Waals surface area contributed by atoms with Crippen LogP contribution in [0.2, 0.25) is 0 Å². The lowest BCUT2D eigenvalue weighted by atomic mass is 10.1. The fourth-order valence-corrected chi connectivity index (χ4v) is 2.75. The van der Waals surface area contributed by atoms with E-state index in [4.69, 9.17) is 10.00 Å². The van der Waals surface area contributed by atoms with E-state index in [1.54, 1.807) is 0 Å². The van der Waals surface area contributed by atoms with Gasteiger partial charge in [-0.25, -0.2) is 0 Å². The van der Waals surface area contributed by atoms with Crippen LogP contribution in [0.15, 0.2) is 48.5 Å². The molecule has 124 valence electrons. The first-order chi connectivity index (χ1) is 11.2. The minimum Gasteiger partial charge on any atom is -0.493 e. The highest BCUT2D eigenvalue weighted by Gasteiger charge is 2.12. The van der Waals surface area contributed by atoms with Crippen LogP contribution in [0.1, 0.15) is 22.3 Å². The maximum absolute atomic E-state index is 8.79. The fraction of sp³-hybridized carbons (Fsp3) is 0.250. The van der Waals surface area contributed by atoms with Gasteiger partial charge in [-0.3, -0.25) is 4.90 Å². The van der Waals surface area contributed by atoms with Crippen LogP contribution in [0, 0.1) is 11.3 Å². The summed E-state index contributed by atoms with van der Waals surface area (Å²) in [6, 6.07) is 16.2. The van der Waals surface area contributed by atoms with E-state index in [0.717, 1.165) is 37.4 Å². The zero-order valence-corrected chi connectivity index (χ0v) is 14.6. The second-order valence-corrected chi connectivity index (χ2v) is 5.87. The number of rotatable bonds is 5. The van der Waals surface area contributed by atoms with E-state index in [1.165, 1.54) is 11.1 Å². The predicted molar refractivity (Wildman–Crippen MR) is 99.4 cm³/mol.